The van der Waals surface area contributed by atoms with Crippen molar-refractivity contribution in [3.8, 4) is 0 Å². The monoisotopic (exact) mass is 348 g/mol. The Bertz CT molecular complexity index is 945. The highest BCUT2D eigenvalue weighted by molar-refractivity contribution is 5.75. The van der Waals surface area contributed by atoms with Crippen LogP contribution in [0.5, 0.6) is 0 Å². The second-order valence-electron chi connectivity index (χ2n) is 7.14. The molecular formula is C21H24N4O. The molecule has 1 aromatic carbocycles. The van der Waals surface area contributed by atoms with Crippen LogP contribution in [0.4, 0.5) is 11.6 Å². The van der Waals surface area contributed by atoms with E-state index in [9.17, 15) is 4.79 Å². The zero-order chi connectivity index (χ0) is 17.9. The average molecular weight is 348 g/mol. The summed E-state index contributed by atoms with van der Waals surface area (Å²) < 4.78 is 1.86. The minimum Gasteiger partial charge on any atom is -0.324 e. The molecular weight excluding hydrogens is 324 g/mol. The van der Waals surface area contributed by atoms with Crippen LogP contribution >= 0.6 is 0 Å². The van der Waals surface area contributed by atoms with Crippen LogP contribution in [0.3, 0.4) is 0 Å². The highest BCUT2D eigenvalue weighted by atomic mass is 16.1. The van der Waals surface area contributed by atoms with Gasteiger partial charge < -0.3 is 5.32 Å². The summed E-state index contributed by atoms with van der Waals surface area (Å²) in [6, 6.07) is 13.4. The predicted molar refractivity (Wildman–Crippen MR) is 105 cm³/mol. The minimum atomic E-state index is 0.0138. The lowest BCUT2D eigenvalue weighted by Gasteiger charge is -2.29. The zero-order valence-corrected chi connectivity index (χ0v) is 15.1. The summed E-state index contributed by atoms with van der Waals surface area (Å²) in [6.45, 7) is 2.16. The van der Waals surface area contributed by atoms with Crippen molar-refractivity contribution < 1.29 is 0 Å². The van der Waals surface area contributed by atoms with E-state index in [-0.39, 0.29) is 11.6 Å². The van der Waals surface area contributed by atoms with Crippen LogP contribution in [0.25, 0.3) is 11.0 Å². The number of para-hydroxylation sites is 1. The fraction of sp³-hybridized carbons (Fsp3) is 0.381. The number of fused-ring (bicyclic) bond motifs is 1. The number of pyridine rings is 1. The van der Waals surface area contributed by atoms with Crippen LogP contribution in [-0.4, -0.2) is 14.5 Å². The smallest absolute Gasteiger partial charge is 0.252 e. The molecule has 0 amide bonds. The average Bonchev–Trinajstić information content (AvgIpc) is 2.69. The van der Waals surface area contributed by atoms with Crippen LogP contribution < -0.4 is 10.9 Å². The molecule has 1 saturated carbocycles. The third-order valence-corrected chi connectivity index (χ3v) is 5.44. The first kappa shape index (κ1) is 16.8. The molecule has 1 aliphatic carbocycles. The van der Waals surface area contributed by atoms with Gasteiger partial charge in [-0.05, 0) is 43.9 Å². The zero-order valence-electron chi connectivity index (χ0n) is 15.1. The summed E-state index contributed by atoms with van der Waals surface area (Å²) in [6.07, 6.45) is 7.97. The molecule has 0 spiro atoms. The molecule has 4 rings (SSSR count). The number of nitrogens with zero attached hydrogens (tertiary/aromatic N) is 3. The molecule has 5 heteroatoms. The third kappa shape index (κ3) is 3.34. The molecule has 1 N–H and O–H groups in total. The first-order valence-electron chi connectivity index (χ1n) is 9.43. The Kier molecular flexibility index (Phi) is 4.69. The van der Waals surface area contributed by atoms with Gasteiger partial charge in [0.25, 0.3) is 5.56 Å². The highest BCUT2D eigenvalue weighted by Crippen LogP contribution is 2.33. The molecule has 1 fully saturated rings. The van der Waals surface area contributed by atoms with Crippen LogP contribution in [0.15, 0.2) is 53.5 Å². The molecule has 1 aliphatic rings. The Balaban J connectivity index is 1.74. The van der Waals surface area contributed by atoms with Crippen LogP contribution in [0.2, 0.25) is 0 Å². The first-order valence-corrected chi connectivity index (χ1v) is 9.43. The SMILES string of the molecule is CC(C1CCCCC1)n1c(=O)ccc2cnc(Nc3ccccc3)nc21. The quantitative estimate of drug-likeness (QED) is 0.744. The molecule has 3 aromatic rings. The number of hydrogen-bond acceptors (Lipinski definition) is 4. The van der Waals surface area contributed by atoms with Crippen molar-refractivity contribution >= 4 is 22.7 Å². The molecule has 134 valence electrons. The van der Waals surface area contributed by atoms with E-state index in [2.05, 4.69) is 22.2 Å². The fourth-order valence-electron chi connectivity index (χ4n) is 3.97. The van der Waals surface area contributed by atoms with E-state index < -0.39 is 0 Å². The van der Waals surface area contributed by atoms with Gasteiger partial charge in [0.05, 0.1) is 0 Å². The van der Waals surface area contributed by atoms with Crippen molar-refractivity contribution in [3.63, 3.8) is 0 Å². The van der Waals surface area contributed by atoms with Gasteiger partial charge in [-0.1, -0.05) is 37.5 Å². The van der Waals surface area contributed by atoms with Crippen molar-refractivity contribution in [2.75, 3.05) is 5.32 Å². The summed E-state index contributed by atoms with van der Waals surface area (Å²) in [7, 11) is 0. The second kappa shape index (κ2) is 7.28. The standard InChI is InChI=1S/C21H24N4O/c1-15(16-8-4-2-5-9-16)25-19(26)13-12-17-14-22-21(24-20(17)25)23-18-10-6-3-7-11-18/h3,6-7,10-16H,2,4-5,8-9H2,1H3,(H,22,23,24). The van der Waals surface area contributed by atoms with Crippen molar-refractivity contribution in [2.45, 2.75) is 45.1 Å². The van der Waals surface area contributed by atoms with Gasteiger partial charge in [0.15, 0.2) is 0 Å². The second-order valence-corrected chi connectivity index (χ2v) is 7.14. The van der Waals surface area contributed by atoms with Crippen molar-refractivity contribution in [3.05, 3.63) is 59.0 Å². The Hall–Kier alpha value is -2.69. The summed E-state index contributed by atoms with van der Waals surface area (Å²) >= 11 is 0. The van der Waals surface area contributed by atoms with Crippen LogP contribution in [0, 0.1) is 5.92 Å². The Morgan fingerprint density at radius 3 is 2.62 bits per heavy atom. The summed E-state index contributed by atoms with van der Waals surface area (Å²) in [4.78, 5) is 21.8. The van der Waals surface area contributed by atoms with Gasteiger partial charge >= 0.3 is 0 Å². The fourth-order valence-corrected chi connectivity index (χ4v) is 3.97. The Morgan fingerprint density at radius 2 is 1.85 bits per heavy atom. The minimum absolute atomic E-state index is 0.0138. The molecule has 0 aliphatic heterocycles. The predicted octanol–water partition coefficient (Wildman–Crippen LogP) is 4.68. The van der Waals surface area contributed by atoms with E-state index in [4.69, 9.17) is 0 Å². The maximum absolute atomic E-state index is 12.7. The van der Waals surface area contributed by atoms with E-state index in [1.807, 2.05) is 41.0 Å². The molecule has 5 nitrogen and oxygen atoms in total. The molecule has 0 saturated heterocycles. The summed E-state index contributed by atoms with van der Waals surface area (Å²) in [5, 5.41) is 4.12. The third-order valence-electron chi connectivity index (χ3n) is 5.44. The lowest BCUT2D eigenvalue weighted by atomic mass is 9.84. The largest absolute Gasteiger partial charge is 0.324 e. The van der Waals surface area contributed by atoms with Crippen LogP contribution in [0.1, 0.15) is 45.1 Å². The maximum atomic E-state index is 12.7. The van der Waals surface area contributed by atoms with Gasteiger partial charge in [0.1, 0.15) is 5.65 Å². The molecule has 1 atom stereocenters. The maximum Gasteiger partial charge on any atom is 0.252 e. The lowest BCUT2D eigenvalue weighted by molar-refractivity contribution is 0.264. The molecule has 26 heavy (non-hydrogen) atoms. The van der Waals surface area contributed by atoms with E-state index in [1.54, 1.807) is 12.3 Å². The Morgan fingerprint density at radius 1 is 1.08 bits per heavy atom. The Labute approximate surface area is 153 Å². The molecule has 2 aromatic heterocycles. The van der Waals surface area contributed by atoms with Crippen molar-refractivity contribution in [1.29, 1.82) is 0 Å². The topological polar surface area (TPSA) is 59.8 Å². The summed E-state index contributed by atoms with van der Waals surface area (Å²) in [5.74, 6) is 1.05. The highest BCUT2D eigenvalue weighted by Gasteiger charge is 2.23. The number of benzene rings is 1. The van der Waals surface area contributed by atoms with Gasteiger partial charge in [0.2, 0.25) is 5.95 Å². The van der Waals surface area contributed by atoms with E-state index in [1.165, 1.54) is 32.1 Å². The van der Waals surface area contributed by atoms with E-state index in [0.29, 0.717) is 17.5 Å². The number of nitrogens with one attached hydrogen (secondary N) is 1. The van der Waals surface area contributed by atoms with Gasteiger partial charge in [-0.3, -0.25) is 9.36 Å². The molecule has 1 unspecified atom stereocenters. The molecule has 0 bridgehead atoms. The lowest BCUT2D eigenvalue weighted by Crippen LogP contribution is -2.29. The van der Waals surface area contributed by atoms with Crippen molar-refractivity contribution in [2.24, 2.45) is 5.92 Å². The molecule has 0 radical (unpaired) electrons. The van der Waals surface area contributed by atoms with E-state index in [0.717, 1.165) is 11.1 Å². The molecule has 2 heterocycles. The normalized spacial score (nSPS) is 16.5. The number of aromatic nitrogens is 3. The van der Waals surface area contributed by atoms with Gasteiger partial charge in [-0.2, -0.15) is 4.98 Å². The van der Waals surface area contributed by atoms with Gasteiger partial charge in [0, 0.05) is 29.4 Å². The number of rotatable bonds is 4. The van der Waals surface area contributed by atoms with Crippen LogP contribution in [-0.2, 0) is 0 Å². The summed E-state index contributed by atoms with van der Waals surface area (Å²) in [5.41, 5.74) is 1.65. The van der Waals surface area contributed by atoms with E-state index >= 15 is 0 Å². The van der Waals surface area contributed by atoms with Gasteiger partial charge in [-0.15, -0.1) is 0 Å². The van der Waals surface area contributed by atoms with Gasteiger partial charge in [-0.25, -0.2) is 4.98 Å². The number of hydrogen-bond donors (Lipinski definition) is 1. The number of anilines is 2. The first-order chi connectivity index (χ1) is 12.7. The van der Waals surface area contributed by atoms with Crippen molar-refractivity contribution in [1.82, 2.24) is 14.5 Å².